The van der Waals surface area contributed by atoms with Gasteiger partial charge in [0.1, 0.15) is 5.75 Å². The van der Waals surface area contributed by atoms with E-state index in [1.54, 1.807) is 0 Å². The van der Waals surface area contributed by atoms with Crippen LogP contribution in [0.3, 0.4) is 0 Å². The summed E-state index contributed by atoms with van der Waals surface area (Å²) < 4.78 is 5.50. The summed E-state index contributed by atoms with van der Waals surface area (Å²) in [5.74, 6) is 0.868. The van der Waals surface area contributed by atoms with Crippen LogP contribution in [0, 0.1) is 0 Å². The lowest BCUT2D eigenvalue weighted by Crippen LogP contribution is -2.38. The average Bonchev–Trinajstić information content (AvgIpc) is 2.43. The summed E-state index contributed by atoms with van der Waals surface area (Å²) in [5.41, 5.74) is 0. The van der Waals surface area contributed by atoms with Gasteiger partial charge in [0.2, 0.25) is 5.91 Å². The maximum atomic E-state index is 11.8. The molecular weight excluding hydrogens is 262 g/mol. The number of para-hydroxylation sites is 1. The van der Waals surface area contributed by atoms with Gasteiger partial charge in [-0.15, -0.1) is 11.6 Å². The number of ether oxygens (including phenoxy) is 1. The van der Waals surface area contributed by atoms with E-state index in [-0.39, 0.29) is 11.3 Å². The second-order valence-corrected chi connectivity index (χ2v) is 5.55. The topological polar surface area (TPSA) is 38.3 Å². The Hall–Kier alpha value is -1.22. The summed E-state index contributed by atoms with van der Waals surface area (Å²) in [6.07, 6.45) is 4.36. The lowest BCUT2D eigenvalue weighted by molar-refractivity contribution is -0.122. The summed E-state index contributed by atoms with van der Waals surface area (Å²) >= 11 is 6.04. The number of nitrogens with one attached hydrogen (secondary N) is 1. The van der Waals surface area contributed by atoms with Crippen LogP contribution in [-0.4, -0.2) is 23.9 Å². The van der Waals surface area contributed by atoms with E-state index < -0.39 is 0 Å². The molecular formula is C15H20ClNO2. The molecule has 0 bridgehead atoms. The van der Waals surface area contributed by atoms with Crippen molar-refractivity contribution in [1.29, 1.82) is 0 Å². The highest BCUT2D eigenvalue weighted by Gasteiger charge is 2.20. The molecule has 19 heavy (non-hydrogen) atoms. The maximum absolute atomic E-state index is 11.8. The van der Waals surface area contributed by atoms with Crippen LogP contribution in [0.15, 0.2) is 30.3 Å². The van der Waals surface area contributed by atoms with Crippen molar-refractivity contribution >= 4 is 17.5 Å². The molecule has 0 aliphatic heterocycles. The van der Waals surface area contributed by atoms with E-state index >= 15 is 0 Å². The standard InChI is InChI=1S/C15H20ClNO2/c16-12-6-8-13(9-7-12)17-15(18)10-11-19-14-4-2-1-3-5-14/h1-5,12-13H,6-11H2,(H,17,18). The molecule has 1 amide bonds. The summed E-state index contributed by atoms with van der Waals surface area (Å²) in [6.45, 7) is 0.417. The third kappa shape index (κ3) is 5.11. The molecule has 1 saturated carbocycles. The molecule has 1 fully saturated rings. The van der Waals surface area contributed by atoms with Crippen LogP contribution in [0.4, 0.5) is 0 Å². The molecule has 0 radical (unpaired) electrons. The van der Waals surface area contributed by atoms with E-state index in [9.17, 15) is 4.79 Å². The Morgan fingerprint density at radius 2 is 1.89 bits per heavy atom. The van der Waals surface area contributed by atoms with Crippen molar-refractivity contribution in [3.63, 3.8) is 0 Å². The van der Waals surface area contributed by atoms with Gasteiger partial charge in [0.25, 0.3) is 0 Å². The van der Waals surface area contributed by atoms with Gasteiger partial charge < -0.3 is 10.1 Å². The Morgan fingerprint density at radius 1 is 1.21 bits per heavy atom. The fourth-order valence-corrected chi connectivity index (χ4v) is 2.53. The van der Waals surface area contributed by atoms with Crippen LogP contribution in [0.5, 0.6) is 5.75 Å². The van der Waals surface area contributed by atoms with Gasteiger partial charge in [0.05, 0.1) is 13.0 Å². The second kappa shape index (κ2) is 7.39. The summed E-state index contributed by atoms with van der Waals surface area (Å²) in [4.78, 5) is 11.8. The first-order valence-corrected chi connectivity index (χ1v) is 7.29. The van der Waals surface area contributed by atoms with Gasteiger partial charge in [-0.1, -0.05) is 18.2 Å². The Labute approximate surface area is 119 Å². The van der Waals surface area contributed by atoms with Crippen molar-refractivity contribution in [3.8, 4) is 5.75 Å². The van der Waals surface area contributed by atoms with Crippen LogP contribution in [-0.2, 0) is 4.79 Å². The van der Waals surface area contributed by atoms with Crippen molar-refractivity contribution in [2.75, 3.05) is 6.61 Å². The van der Waals surface area contributed by atoms with Gasteiger partial charge in [-0.25, -0.2) is 0 Å². The fraction of sp³-hybridized carbons (Fsp3) is 0.533. The number of alkyl halides is 1. The molecule has 4 heteroatoms. The van der Waals surface area contributed by atoms with E-state index in [0.29, 0.717) is 19.1 Å². The van der Waals surface area contributed by atoms with Gasteiger partial charge in [0, 0.05) is 11.4 Å². The van der Waals surface area contributed by atoms with Crippen molar-refractivity contribution < 1.29 is 9.53 Å². The zero-order chi connectivity index (χ0) is 13.5. The Balaban J connectivity index is 1.62. The highest BCUT2D eigenvalue weighted by molar-refractivity contribution is 6.20. The molecule has 0 aromatic heterocycles. The van der Waals surface area contributed by atoms with Crippen molar-refractivity contribution in [3.05, 3.63) is 30.3 Å². The number of hydrogen-bond donors (Lipinski definition) is 1. The number of halogens is 1. The Bertz CT molecular complexity index is 388. The zero-order valence-corrected chi connectivity index (χ0v) is 11.7. The first kappa shape index (κ1) is 14.2. The molecule has 1 aromatic rings. The quantitative estimate of drug-likeness (QED) is 0.842. The monoisotopic (exact) mass is 281 g/mol. The van der Waals surface area contributed by atoms with E-state index in [1.165, 1.54) is 0 Å². The molecule has 1 aliphatic rings. The van der Waals surface area contributed by atoms with E-state index in [4.69, 9.17) is 16.3 Å². The minimum absolute atomic E-state index is 0.0638. The summed E-state index contributed by atoms with van der Waals surface area (Å²) in [5, 5.41) is 3.33. The molecule has 3 nitrogen and oxygen atoms in total. The predicted octanol–water partition coefficient (Wildman–Crippen LogP) is 3.12. The number of carbonyl (C=O) groups excluding carboxylic acids is 1. The summed E-state index contributed by atoms with van der Waals surface area (Å²) in [6, 6.07) is 9.84. The average molecular weight is 282 g/mol. The van der Waals surface area contributed by atoms with Crippen LogP contribution < -0.4 is 10.1 Å². The van der Waals surface area contributed by atoms with E-state index in [2.05, 4.69) is 5.32 Å². The minimum Gasteiger partial charge on any atom is -0.493 e. The normalized spacial score (nSPS) is 22.8. The number of rotatable bonds is 5. The molecule has 0 spiro atoms. The molecule has 104 valence electrons. The Kier molecular flexibility index (Phi) is 5.52. The molecule has 0 heterocycles. The smallest absolute Gasteiger partial charge is 0.223 e. The highest BCUT2D eigenvalue weighted by Crippen LogP contribution is 2.22. The SMILES string of the molecule is O=C(CCOc1ccccc1)NC1CCC(Cl)CC1. The molecule has 1 N–H and O–H groups in total. The van der Waals surface area contributed by atoms with Gasteiger partial charge in [-0.05, 0) is 37.8 Å². The van der Waals surface area contributed by atoms with Gasteiger partial charge in [-0.2, -0.15) is 0 Å². The predicted molar refractivity (Wildman–Crippen MR) is 76.6 cm³/mol. The number of hydrogen-bond acceptors (Lipinski definition) is 2. The molecule has 0 saturated heterocycles. The first-order chi connectivity index (χ1) is 9.24. The highest BCUT2D eigenvalue weighted by atomic mass is 35.5. The van der Waals surface area contributed by atoms with Crippen LogP contribution in [0.1, 0.15) is 32.1 Å². The molecule has 0 atom stereocenters. The number of amides is 1. The fourth-order valence-electron chi connectivity index (χ4n) is 2.28. The molecule has 0 unspecified atom stereocenters. The van der Waals surface area contributed by atoms with E-state index in [0.717, 1.165) is 31.4 Å². The summed E-state index contributed by atoms with van der Waals surface area (Å²) in [7, 11) is 0. The van der Waals surface area contributed by atoms with Crippen LogP contribution in [0.25, 0.3) is 0 Å². The van der Waals surface area contributed by atoms with Gasteiger partial charge >= 0.3 is 0 Å². The lowest BCUT2D eigenvalue weighted by Gasteiger charge is -2.25. The second-order valence-electron chi connectivity index (χ2n) is 4.93. The molecule has 1 aliphatic carbocycles. The van der Waals surface area contributed by atoms with Crippen molar-refractivity contribution in [1.82, 2.24) is 5.32 Å². The first-order valence-electron chi connectivity index (χ1n) is 6.85. The van der Waals surface area contributed by atoms with Gasteiger partial charge in [-0.3, -0.25) is 4.79 Å². The third-order valence-corrected chi connectivity index (χ3v) is 3.80. The largest absolute Gasteiger partial charge is 0.493 e. The molecule has 1 aromatic carbocycles. The number of carbonyl (C=O) groups is 1. The van der Waals surface area contributed by atoms with Gasteiger partial charge in [0.15, 0.2) is 0 Å². The zero-order valence-electron chi connectivity index (χ0n) is 11.0. The van der Waals surface area contributed by atoms with Crippen LogP contribution >= 0.6 is 11.6 Å². The minimum atomic E-state index is 0.0638. The molecule has 2 rings (SSSR count). The third-order valence-electron chi connectivity index (χ3n) is 3.36. The van der Waals surface area contributed by atoms with Crippen LogP contribution in [0.2, 0.25) is 0 Å². The maximum Gasteiger partial charge on any atom is 0.223 e. The van der Waals surface area contributed by atoms with Crippen molar-refractivity contribution in [2.45, 2.75) is 43.5 Å². The number of benzene rings is 1. The van der Waals surface area contributed by atoms with Crippen molar-refractivity contribution in [2.24, 2.45) is 0 Å². The Morgan fingerprint density at radius 3 is 2.58 bits per heavy atom. The lowest BCUT2D eigenvalue weighted by atomic mass is 9.95. The van der Waals surface area contributed by atoms with E-state index in [1.807, 2.05) is 30.3 Å².